The van der Waals surface area contributed by atoms with Gasteiger partial charge in [0.05, 0.1) is 12.9 Å². The summed E-state index contributed by atoms with van der Waals surface area (Å²) in [5.74, 6) is 1.07. The van der Waals surface area contributed by atoms with Crippen molar-refractivity contribution in [3.05, 3.63) is 54.1 Å². The average molecular weight is 342 g/mol. The maximum absolute atomic E-state index is 12.3. The number of carbonyl (C=O) groups is 1. The van der Waals surface area contributed by atoms with Gasteiger partial charge in [0.25, 0.3) is 5.22 Å². The molecule has 124 valence electrons. The van der Waals surface area contributed by atoms with E-state index in [2.05, 4.69) is 4.98 Å². The molecule has 1 amide bonds. The van der Waals surface area contributed by atoms with Gasteiger partial charge >= 0.3 is 0 Å². The summed E-state index contributed by atoms with van der Waals surface area (Å²) in [6.45, 7) is 0.497. The Bertz CT molecular complexity index is 814. The molecule has 0 atom stereocenters. The molecule has 0 unspecified atom stereocenters. The van der Waals surface area contributed by atoms with Crippen LogP contribution in [-0.2, 0) is 11.3 Å². The van der Waals surface area contributed by atoms with Gasteiger partial charge in [-0.2, -0.15) is 0 Å². The molecular weight excluding hydrogens is 324 g/mol. The minimum atomic E-state index is 0.00756. The Morgan fingerprint density at radius 3 is 2.75 bits per heavy atom. The van der Waals surface area contributed by atoms with Crippen molar-refractivity contribution in [2.45, 2.75) is 11.8 Å². The molecule has 3 aromatic rings. The van der Waals surface area contributed by atoms with Crippen LogP contribution in [0.1, 0.15) is 5.56 Å². The number of hydrogen-bond donors (Lipinski definition) is 0. The van der Waals surface area contributed by atoms with E-state index >= 15 is 0 Å². The molecule has 0 radical (unpaired) electrons. The maximum Gasteiger partial charge on any atom is 0.257 e. The van der Waals surface area contributed by atoms with Gasteiger partial charge in [0.15, 0.2) is 5.58 Å². The molecule has 0 spiro atoms. The Morgan fingerprint density at radius 1 is 1.21 bits per heavy atom. The smallest absolute Gasteiger partial charge is 0.257 e. The first-order chi connectivity index (χ1) is 11.7. The Balaban J connectivity index is 1.59. The highest BCUT2D eigenvalue weighted by molar-refractivity contribution is 7.99. The van der Waals surface area contributed by atoms with E-state index in [1.807, 2.05) is 48.5 Å². The van der Waals surface area contributed by atoms with Crippen molar-refractivity contribution in [1.82, 2.24) is 9.88 Å². The number of methoxy groups -OCH3 is 1. The van der Waals surface area contributed by atoms with Crippen LogP contribution in [0.25, 0.3) is 11.1 Å². The largest absolute Gasteiger partial charge is 0.496 e. The lowest BCUT2D eigenvalue weighted by Crippen LogP contribution is -2.28. The van der Waals surface area contributed by atoms with Crippen molar-refractivity contribution in [1.29, 1.82) is 0 Å². The first kappa shape index (κ1) is 16.4. The van der Waals surface area contributed by atoms with Crippen molar-refractivity contribution >= 4 is 28.8 Å². The number of fused-ring (bicyclic) bond motifs is 1. The van der Waals surface area contributed by atoms with Crippen LogP contribution in [0.5, 0.6) is 5.75 Å². The van der Waals surface area contributed by atoms with E-state index in [0.717, 1.165) is 22.4 Å². The third-order valence-corrected chi connectivity index (χ3v) is 4.43. The van der Waals surface area contributed by atoms with E-state index in [9.17, 15) is 4.79 Å². The van der Waals surface area contributed by atoms with E-state index in [1.165, 1.54) is 11.8 Å². The summed E-state index contributed by atoms with van der Waals surface area (Å²) in [6, 6.07) is 15.2. The van der Waals surface area contributed by atoms with Crippen molar-refractivity contribution < 1.29 is 13.9 Å². The van der Waals surface area contributed by atoms with Gasteiger partial charge in [-0.05, 0) is 18.2 Å². The van der Waals surface area contributed by atoms with E-state index in [-0.39, 0.29) is 11.7 Å². The number of oxazole rings is 1. The molecule has 2 aromatic carbocycles. The van der Waals surface area contributed by atoms with Crippen LogP contribution in [-0.4, -0.2) is 35.7 Å². The molecular formula is C18H18N2O3S. The zero-order valence-corrected chi connectivity index (χ0v) is 14.4. The highest BCUT2D eigenvalue weighted by Gasteiger charge is 2.14. The third-order valence-electron chi connectivity index (χ3n) is 3.62. The van der Waals surface area contributed by atoms with Crippen LogP contribution in [0, 0.1) is 0 Å². The van der Waals surface area contributed by atoms with Gasteiger partial charge in [-0.15, -0.1) is 0 Å². The number of rotatable bonds is 6. The SMILES string of the molecule is COc1ccccc1CN(C)C(=O)CSc1nc2ccccc2o1. The first-order valence-corrected chi connectivity index (χ1v) is 8.50. The number of nitrogens with zero attached hydrogens (tertiary/aromatic N) is 2. The molecule has 0 aliphatic heterocycles. The van der Waals surface area contributed by atoms with Crippen LogP contribution in [0.4, 0.5) is 0 Å². The Kier molecular flexibility index (Phi) is 5.05. The van der Waals surface area contributed by atoms with E-state index in [0.29, 0.717) is 11.8 Å². The lowest BCUT2D eigenvalue weighted by atomic mass is 10.2. The van der Waals surface area contributed by atoms with E-state index in [1.54, 1.807) is 19.1 Å². The molecule has 5 nitrogen and oxygen atoms in total. The predicted molar refractivity (Wildman–Crippen MR) is 94.2 cm³/mol. The summed E-state index contributed by atoms with van der Waals surface area (Å²) in [5.41, 5.74) is 2.51. The van der Waals surface area contributed by atoms with Crippen LogP contribution in [0.15, 0.2) is 58.2 Å². The van der Waals surface area contributed by atoms with Gasteiger partial charge in [0, 0.05) is 19.2 Å². The maximum atomic E-state index is 12.3. The molecule has 24 heavy (non-hydrogen) atoms. The fraction of sp³-hybridized carbons (Fsp3) is 0.222. The van der Waals surface area contributed by atoms with E-state index < -0.39 is 0 Å². The van der Waals surface area contributed by atoms with Gasteiger partial charge in [-0.1, -0.05) is 42.1 Å². The number of benzene rings is 2. The highest BCUT2D eigenvalue weighted by atomic mass is 32.2. The molecule has 0 bridgehead atoms. The molecule has 0 saturated heterocycles. The quantitative estimate of drug-likeness (QED) is 0.641. The van der Waals surface area contributed by atoms with Gasteiger partial charge in [-0.25, -0.2) is 4.98 Å². The van der Waals surface area contributed by atoms with Crippen LogP contribution >= 0.6 is 11.8 Å². The van der Waals surface area contributed by atoms with Crippen molar-refractivity contribution in [3.63, 3.8) is 0 Å². The minimum absolute atomic E-state index is 0.00756. The Hall–Kier alpha value is -2.47. The average Bonchev–Trinajstić information content (AvgIpc) is 3.03. The number of para-hydroxylation sites is 3. The number of aromatic nitrogens is 1. The van der Waals surface area contributed by atoms with Crippen molar-refractivity contribution in [3.8, 4) is 5.75 Å². The predicted octanol–water partition coefficient (Wildman–Crippen LogP) is 3.59. The van der Waals surface area contributed by atoms with Crippen molar-refractivity contribution in [2.75, 3.05) is 19.9 Å². The summed E-state index contributed by atoms with van der Waals surface area (Å²) in [7, 11) is 3.41. The van der Waals surface area contributed by atoms with Gasteiger partial charge in [-0.3, -0.25) is 4.79 Å². The van der Waals surface area contributed by atoms with Crippen LogP contribution in [0.3, 0.4) is 0 Å². The summed E-state index contributed by atoms with van der Waals surface area (Å²) in [4.78, 5) is 18.4. The normalized spacial score (nSPS) is 10.8. The number of thioether (sulfide) groups is 1. The number of hydrogen-bond acceptors (Lipinski definition) is 5. The monoisotopic (exact) mass is 342 g/mol. The summed E-state index contributed by atoms with van der Waals surface area (Å²) < 4.78 is 10.9. The van der Waals surface area contributed by atoms with Gasteiger partial charge < -0.3 is 14.1 Å². The number of amides is 1. The minimum Gasteiger partial charge on any atom is -0.496 e. The first-order valence-electron chi connectivity index (χ1n) is 7.51. The fourth-order valence-corrected chi connectivity index (χ4v) is 3.10. The van der Waals surface area contributed by atoms with E-state index in [4.69, 9.17) is 9.15 Å². The van der Waals surface area contributed by atoms with Gasteiger partial charge in [0.2, 0.25) is 5.91 Å². The topological polar surface area (TPSA) is 55.6 Å². The zero-order valence-electron chi connectivity index (χ0n) is 13.6. The molecule has 3 rings (SSSR count). The second-order valence-corrected chi connectivity index (χ2v) is 6.22. The Labute approximate surface area is 144 Å². The van der Waals surface area contributed by atoms with Crippen LogP contribution < -0.4 is 4.74 Å². The second-order valence-electron chi connectivity index (χ2n) is 5.30. The van der Waals surface area contributed by atoms with Crippen LogP contribution in [0.2, 0.25) is 0 Å². The fourth-order valence-electron chi connectivity index (χ4n) is 2.32. The lowest BCUT2D eigenvalue weighted by molar-refractivity contribution is -0.127. The molecule has 0 aliphatic rings. The number of carbonyl (C=O) groups excluding carboxylic acids is 1. The molecule has 6 heteroatoms. The number of ether oxygens (including phenoxy) is 1. The lowest BCUT2D eigenvalue weighted by Gasteiger charge is -2.18. The molecule has 0 fully saturated rings. The molecule has 0 N–H and O–H groups in total. The third kappa shape index (κ3) is 3.71. The van der Waals surface area contributed by atoms with Crippen molar-refractivity contribution in [2.24, 2.45) is 0 Å². The second kappa shape index (κ2) is 7.40. The molecule has 1 heterocycles. The summed E-state index contributed by atoms with van der Waals surface area (Å²) in [6.07, 6.45) is 0. The Morgan fingerprint density at radius 2 is 1.96 bits per heavy atom. The standard InChI is InChI=1S/C18H18N2O3S/c1-20(11-13-7-3-5-9-15(13)22-2)17(21)12-24-18-19-14-8-4-6-10-16(14)23-18/h3-10H,11-12H2,1-2H3. The molecule has 1 aromatic heterocycles. The highest BCUT2D eigenvalue weighted by Crippen LogP contribution is 2.24. The van der Waals surface area contributed by atoms with Gasteiger partial charge in [0.1, 0.15) is 11.3 Å². The molecule has 0 saturated carbocycles. The summed E-state index contributed by atoms with van der Waals surface area (Å²) in [5, 5.41) is 0.509. The molecule has 0 aliphatic carbocycles. The zero-order chi connectivity index (χ0) is 16.9. The summed E-state index contributed by atoms with van der Waals surface area (Å²) >= 11 is 1.30.